The largest absolute Gasteiger partial charge is 0.345 e. The lowest BCUT2D eigenvalue weighted by Gasteiger charge is -2.23. The molecule has 0 bridgehead atoms. The van der Waals surface area contributed by atoms with Gasteiger partial charge in [0.15, 0.2) is 0 Å². The Morgan fingerprint density at radius 1 is 1.21 bits per heavy atom. The third kappa shape index (κ3) is 3.82. The SMILES string of the molecule is CC(=O)N[C@@H](C(=O)Nc1ccc(-c2ncc[nH]2)cc1)C1CCCC1. The molecule has 1 aliphatic carbocycles. The number of aromatic amines is 1. The zero-order valence-electron chi connectivity index (χ0n) is 13.7. The fourth-order valence-corrected chi connectivity index (χ4v) is 3.26. The molecule has 6 nitrogen and oxygen atoms in total. The summed E-state index contributed by atoms with van der Waals surface area (Å²) in [6.07, 6.45) is 7.67. The average molecular weight is 326 g/mol. The predicted octanol–water partition coefficient (Wildman–Crippen LogP) is 2.71. The van der Waals surface area contributed by atoms with E-state index in [4.69, 9.17) is 0 Å². The van der Waals surface area contributed by atoms with E-state index in [-0.39, 0.29) is 17.7 Å². The molecule has 1 saturated carbocycles. The fourth-order valence-electron chi connectivity index (χ4n) is 3.26. The number of nitrogens with one attached hydrogen (secondary N) is 3. The number of imidazole rings is 1. The van der Waals surface area contributed by atoms with Crippen LogP contribution in [0.3, 0.4) is 0 Å². The second kappa shape index (κ2) is 7.29. The smallest absolute Gasteiger partial charge is 0.247 e. The first-order chi connectivity index (χ1) is 11.6. The highest BCUT2D eigenvalue weighted by molar-refractivity contribution is 5.97. The van der Waals surface area contributed by atoms with Gasteiger partial charge in [-0.05, 0) is 43.0 Å². The molecule has 1 fully saturated rings. The Hall–Kier alpha value is -2.63. The first-order valence-electron chi connectivity index (χ1n) is 8.31. The molecule has 24 heavy (non-hydrogen) atoms. The zero-order valence-corrected chi connectivity index (χ0v) is 13.7. The topological polar surface area (TPSA) is 86.9 Å². The summed E-state index contributed by atoms with van der Waals surface area (Å²) in [5, 5.41) is 5.72. The minimum Gasteiger partial charge on any atom is -0.345 e. The molecule has 0 spiro atoms. The van der Waals surface area contributed by atoms with E-state index in [0.29, 0.717) is 5.69 Å². The molecule has 2 amide bonds. The first-order valence-corrected chi connectivity index (χ1v) is 8.31. The molecule has 1 heterocycles. The predicted molar refractivity (Wildman–Crippen MR) is 92.2 cm³/mol. The van der Waals surface area contributed by atoms with Crippen molar-refractivity contribution in [3.05, 3.63) is 36.7 Å². The number of hydrogen-bond acceptors (Lipinski definition) is 3. The summed E-state index contributed by atoms with van der Waals surface area (Å²) in [7, 11) is 0. The van der Waals surface area contributed by atoms with Crippen LogP contribution in [0, 0.1) is 5.92 Å². The van der Waals surface area contributed by atoms with Crippen LogP contribution in [0.5, 0.6) is 0 Å². The van der Waals surface area contributed by atoms with Crippen LogP contribution in [0.4, 0.5) is 5.69 Å². The van der Waals surface area contributed by atoms with Crippen LogP contribution in [0.1, 0.15) is 32.6 Å². The normalized spacial score (nSPS) is 15.9. The highest BCUT2D eigenvalue weighted by Crippen LogP contribution is 2.28. The molecule has 3 N–H and O–H groups in total. The summed E-state index contributed by atoms with van der Waals surface area (Å²) in [5.74, 6) is 0.685. The van der Waals surface area contributed by atoms with Gasteiger partial charge in [0.1, 0.15) is 11.9 Å². The number of carbonyl (C=O) groups is 2. The second-order valence-electron chi connectivity index (χ2n) is 6.23. The van der Waals surface area contributed by atoms with Crippen molar-refractivity contribution < 1.29 is 9.59 Å². The number of H-pyrrole nitrogens is 1. The minimum absolute atomic E-state index is 0.150. The standard InChI is InChI=1S/C18H22N4O2/c1-12(23)21-16(13-4-2-3-5-13)18(24)22-15-8-6-14(7-9-15)17-19-10-11-20-17/h6-11,13,16H,2-5H2,1H3,(H,19,20)(H,21,23)(H,22,24)/t16-/m1/s1. The summed E-state index contributed by atoms with van der Waals surface area (Å²) >= 11 is 0. The molecule has 0 aliphatic heterocycles. The zero-order chi connectivity index (χ0) is 16.9. The molecule has 2 aromatic rings. The lowest BCUT2D eigenvalue weighted by molar-refractivity contribution is -0.126. The van der Waals surface area contributed by atoms with Crippen molar-refractivity contribution in [2.24, 2.45) is 5.92 Å². The molecule has 1 aromatic carbocycles. The molecule has 1 aliphatic rings. The highest BCUT2D eigenvalue weighted by atomic mass is 16.2. The van der Waals surface area contributed by atoms with Gasteiger partial charge in [0.2, 0.25) is 11.8 Å². The van der Waals surface area contributed by atoms with Crippen molar-refractivity contribution in [1.82, 2.24) is 15.3 Å². The van der Waals surface area contributed by atoms with Crippen LogP contribution in [0.2, 0.25) is 0 Å². The third-order valence-electron chi connectivity index (χ3n) is 4.44. The lowest BCUT2D eigenvalue weighted by Crippen LogP contribution is -2.47. The molecular formula is C18H22N4O2. The minimum atomic E-state index is -0.463. The van der Waals surface area contributed by atoms with Crippen LogP contribution in [0.25, 0.3) is 11.4 Å². The molecule has 0 saturated heterocycles. The van der Waals surface area contributed by atoms with E-state index in [1.807, 2.05) is 24.3 Å². The number of amides is 2. The molecular weight excluding hydrogens is 304 g/mol. The van der Waals surface area contributed by atoms with E-state index < -0.39 is 6.04 Å². The Kier molecular flexibility index (Phi) is 4.93. The van der Waals surface area contributed by atoms with Gasteiger partial charge in [-0.15, -0.1) is 0 Å². The number of carbonyl (C=O) groups excluding carboxylic acids is 2. The number of aromatic nitrogens is 2. The molecule has 6 heteroatoms. The molecule has 3 rings (SSSR count). The van der Waals surface area contributed by atoms with E-state index in [1.54, 1.807) is 12.4 Å². The van der Waals surface area contributed by atoms with Crippen molar-refractivity contribution >= 4 is 17.5 Å². The van der Waals surface area contributed by atoms with Crippen LogP contribution < -0.4 is 10.6 Å². The highest BCUT2D eigenvalue weighted by Gasteiger charge is 2.31. The van der Waals surface area contributed by atoms with Gasteiger partial charge in [0.05, 0.1) is 0 Å². The molecule has 1 atom stereocenters. The van der Waals surface area contributed by atoms with E-state index >= 15 is 0 Å². The van der Waals surface area contributed by atoms with Crippen molar-refractivity contribution in [3.8, 4) is 11.4 Å². The lowest BCUT2D eigenvalue weighted by atomic mass is 9.97. The Labute approximate surface area is 141 Å². The maximum Gasteiger partial charge on any atom is 0.247 e. The van der Waals surface area contributed by atoms with Crippen LogP contribution in [-0.4, -0.2) is 27.8 Å². The molecule has 0 unspecified atom stereocenters. The van der Waals surface area contributed by atoms with Gasteiger partial charge in [-0.25, -0.2) is 4.98 Å². The Bertz CT molecular complexity index is 688. The molecule has 0 radical (unpaired) electrons. The fraction of sp³-hybridized carbons (Fsp3) is 0.389. The number of benzene rings is 1. The summed E-state index contributed by atoms with van der Waals surface area (Å²) in [4.78, 5) is 31.3. The second-order valence-corrected chi connectivity index (χ2v) is 6.23. The van der Waals surface area contributed by atoms with Gasteiger partial charge in [0, 0.05) is 30.6 Å². The van der Waals surface area contributed by atoms with Crippen molar-refractivity contribution in [1.29, 1.82) is 0 Å². The number of anilines is 1. The maximum atomic E-state index is 12.6. The van der Waals surface area contributed by atoms with Gasteiger partial charge in [-0.3, -0.25) is 9.59 Å². The summed E-state index contributed by atoms with van der Waals surface area (Å²) in [6, 6.07) is 7.02. The van der Waals surface area contributed by atoms with E-state index in [2.05, 4.69) is 20.6 Å². The van der Waals surface area contributed by atoms with Crippen molar-refractivity contribution in [3.63, 3.8) is 0 Å². The number of hydrogen-bond donors (Lipinski definition) is 3. The summed E-state index contributed by atoms with van der Waals surface area (Å²) < 4.78 is 0. The van der Waals surface area contributed by atoms with E-state index in [9.17, 15) is 9.59 Å². The maximum absolute atomic E-state index is 12.6. The van der Waals surface area contributed by atoms with Crippen molar-refractivity contribution in [2.45, 2.75) is 38.6 Å². The molecule has 126 valence electrons. The van der Waals surface area contributed by atoms with Gasteiger partial charge >= 0.3 is 0 Å². The summed E-state index contributed by atoms with van der Waals surface area (Å²) in [5.41, 5.74) is 1.66. The quantitative estimate of drug-likeness (QED) is 0.789. The number of nitrogens with zero attached hydrogens (tertiary/aromatic N) is 1. The van der Waals surface area contributed by atoms with Crippen LogP contribution >= 0.6 is 0 Å². The van der Waals surface area contributed by atoms with Gasteiger partial charge in [-0.2, -0.15) is 0 Å². The molecule has 1 aromatic heterocycles. The van der Waals surface area contributed by atoms with Gasteiger partial charge in [-0.1, -0.05) is 12.8 Å². The first kappa shape index (κ1) is 16.2. The number of rotatable bonds is 5. The Balaban J connectivity index is 1.68. The Morgan fingerprint density at radius 2 is 1.92 bits per heavy atom. The Morgan fingerprint density at radius 3 is 2.50 bits per heavy atom. The summed E-state index contributed by atoms with van der Waals surface area (Å²) in [6.45, 7) is 1.45. The van der Waals surface area contributed by atoms with Gasteiger partial charge < -0.3 is 15.6 Å². The monoisotopic (exact) mass is 326 g/mol. The van der Waals surface area contributed by atoms with Crippen LogP contribution in [0.15, 0.2) is 36.7 Å². The average Bonchev–Trinajstić information content (AvgIpc) is 3.26. The third-order valence-corrected chi connectivity index (χ3v) is 4.44. The van der Waals surface area contributed by atoms with Crippen molar-refractivity contribution in [2.75, 3.05) is 5.32 Å². The van der Waals surface area contributed by atoms with E-state index in [1.165, 1.54) is 6.92 Å². The van der Waals surface area contributed by atoms with Crippen LogP contribution in [-0.2, 0) is 9.59 Å². The van der Waals surface area contributed by atoms with E-state index in [0.717, 1.165) is 37.1 Å². The van der Waals surface area contributed by atoms with Gasteiger partial charge in [0.25, 0.3) is 0 Å².